The number of phenols is 1. The predicted octanol–water partition coefficient (Wildman–Crippen LogP) is 3.45. The summed E-state index contributed by atoms with van der Waals surface area (Å²) in [4.78, 5) is 13.0. The van der Waals surface area contributed by atoms with Crippen molar-refractivity contribution in [2.75, 3.05) is 0 Å². The Bertz CT molecular complexity index is 580. The van der Waals surface area contributed by atoms with Crippen LogP contribution in [0.5, 0.6) is 5.75 Å². The molecular weight excluding hydrogens is 314 g/mol. The van der Waals surface area contributed by atoms with Gasteiger partial charge in [-0.1, -0.05) is 0 Å². The third-order valence-electron chi connectivity index (χ3n) is 2.51. The van der Waals surface area contributed by atoms with Crippen molar-refractivity contribution in [3.8, 4) is 5.75 Å². The van der Waals surface area contributed by atoms with E-state index in [-0.39, 0.29) is 11.7 Å². The van der Waals surface area contributed by atoms with Crippen LogP contribution in [0.4, 0.5) is 0 Å². The monoisotopic (exact) mass is 325 g/mol. The molecule has 0 spiro atoms. The molecule has 18 heavy (non-hydrogen) atoms. The highest BCUT2D eigenvalue weighted by atomic mass is 79.9. The molecule has 0 atom stereocenters. The van der Waals surface area contributed by atoms with Crippen molar-refractivity contribution < 1.29 is 9.90 Å². The van der Waals surface area contributed by atoms with Crippen LogP contribution in [0.25, 0.3) is 0 Å². The predicted molar refractivity (Wildman–Crippen MR) is 76.0 cm³/mol. The highest BCUT2D eigenvalue weighted by molar-refractivity contribution is 9.11. The van der Waals surface area contributed by atoms with Gasteiger partial charge in [-0.25, -0.2) is 0 Å². The number of amides is 1. The zero-order chi connectivity index (χ0) is 13.1. The van der Waals surface area contributed by atoms with Crippen molar-refractivity contribution in [1.82, 2.24) is 5.32 Å². The van der Waals surface area contributed by atoms with Crippen LogP contribution in [0, 0.1) is 6.92 Å². The fourth-order valence-electron chi connectivity index (χ4n) is 1.61. The van der Waals surface area contributed by atoms with Gasteiger partial charge in [0.2, 0.25) is 0 Å². The summed E-state index contributed by atoms with van der Waals surface area (Å²) in [5.41, 5.74) is 1.35. The van der Waals surface area contributed by atoms with Crippen LogP contribution < -0.4 is 5.32 Å². The number of nitrogens with one attached hydrogen (secondary N) is 1. The molecule has 0 radical (unpaired) electrons. The summed E-state index contributed by atoms with van der Waals surface area (Å²) in [6.45, 7) is 2.31. The van der Waals surface area contributed by atoms with Crippen molar-refractivity contribution in [3.05, 3.63) is 50.1 Å². The second-order valence-electron chi connectivity index (χ2n) is 3.89. The molecule has 2 aromatic rings. The van der Waals surface area contributed by atoms with E-state index >= 15 is 0 Å². The molecular formula is C13H12BrNO2S. The number of aromatic hydroxyl groups is 1. The van der Waals surface area contributed by atoms with Gasteiger partial charge in [-0.2, -0.15) is 0 Å². The molecule has 0 aliphatic carbocycles. The average Bonchev–Trinajstić information content (AvgIpc) is 2.72. The molecule has 2 rings (SSSR count). The van der Waals surface area contributed by atoms with Crippen LogP contribution in [-0.4, -0.2) is 11.0 Å². The first-order valence-corrected chi connectivity index (χ1v) is 6.99. The zero-order valence-corrected chi connectivity index (χ0v) is 12.1. The van der Waals surface area contributed by atoms with Crippen molar-refractivity contribution >= 4 is 33.2 Å². The van der Waals surface area contributed by atoms with Crippen molar-refractivity contribution in [1.29, 1.82) is 0 Å². The maximum atomic E-state index is 12.0. The summed E-state index contributed by atoms with van der Waals surface area (Å²) >= 11 is 4.98. The van der Waals surface area contributed by atoms with E-state index in [2.05, 4.69) is 21.2 Å². The highest BCUT2D eigenvalue weighted by Crippen LogP contribution is 2.22. The standard InChI is InChI=1S/C13H12BrNO2S/c1-8-6-9(16)2-4-11(8)13(17)15-7-10-3-5-12(14)18-10/h2-6,16H,7H2,1H3,(H,15,17). The molecule has 1 amide bonds. The normalized spacial score (nSPS) is 10.3. The topological polar surface area (TPSA) is 49.3 Å². The van der Waals surface area contributed by atoms with Gasteiger partial charge in [0.1, 0.15) is 5.75 Å². The van der Waals surface area contributed by atoms with Gasteiger partial charge in [-0.05, 0) is 58.7 Å². The molecule has 1 aromatic carbocycles. The number of carbonyl (C=O) groups excluding carboxylic acids is 1. The SMILES string of the molecule is Cc1cc(O)ccc1C(=O)NCc1ccc(Br)s1. The Kier molecular flexibility index (Phi) is 4.04. The highest BCUT2D eigenvalue weighted by Gasteiger charge is 2.09. The quantitative estimate of drug-likeness (QED) is 0.908. The number of rotatable bonds is 3. The van der Waals surface area contributed by atoms with Crippen molar-refractivity contribution in [3.63, 3.8) is 0 Å². The second-order valence-corrected chi connectivity index (χ2v) is 6.44. The Morgan fingerprint density at radius 2 is 2.17 bits per heavy atom. The van der Waals surface area contributed by atoms with Crippen LogP contribution in [0.3, 0.4) is 0 Å². The Balaban J connectivity index is 2.03. The van der Waals surface area contributed by atoms with Gasteiger partial charge < -0.3 is 10.4 Å². The number of hydrogen-bond donors (Lipinski definition) is 2. The lowest BCUT2D eigenvalue weighted by atomic mass is 10.1. The van der Waals surface area contributed by atoms with E-state index in [4.69, 9.17) is 0 Å². The number of carbonyl (C=O) groups is 1. The van der Waals surface area contributed by atoms with Crippen LogP contribution in [0.15, 0.2) is 34.1 Å². The van der Waals surface area contributed by atoms with E-state index in [0.29, 0.717) is 12.1 Å². The number of phenolic OH excluding ortho intramolecular Hbond substituents is 1. The first kappa shape index (κ1) is 13.1. The average molecular weight is 326 g/mol. The third-order valence-corrected chi connectivity index (χ3v) is 4.13. The number of halogens is 1. The molecule has 1 aromatic heterocycles. The minimum Gasteiger partial charge on any atom is -0.508 e. The molecule has 1 heterocycles. The molecule has 0 aliphatic heterocycles. The fraction of sp³-hybridized carbons (Fsp3) is 0.154. The minimum absolute atomic E-state index is 0.128. The summed E-state index contributed by atoms with van der Waals surface area (Å²) < 4.78 is 1.05. The smallest absolute Gasteiger partial charge is 0.251 e. The van der Waals surface area contributed by atoms with Gasteiger partial charge >= 0.3 is 0 Å². The van der Waals surface area contributed by atoms with Crippen LogP contribution in [0.1, 0.15) is 20.8 Å². The van der Waals surface area contributed by atoms with E-state index in [0.717, 1.165) is 14.2 Å². The maximum Gasteiger partial charge on any atom is 0.251 e. The number of hydrogen-bond acceptors (Lipinski definition) is 3. The summed E-state index contributed by atoms with van der Waals surface area (Å²) in [5, 5.41) is 12.2. The van der Waals surface area contributed by atoms with E-state index in [1.807, 2.05) is 12.1 Å². The number of thiophene rings is 1. The van der Waals surface area contributed by atoms with Gasteiger partial charge in [-0.15, -0.1) is 11.3 Å². The fourth-order valence-corrected chi connectivity index (χ4v) is 3.03. The number of benzene rings is 1. The Labute approximate surface area is 118 Å². The zero-order valence-electron chi connectivity index (χ0n) is 9.74. The Hall–Kier alpha value is -1.33. The Morgan fingerprint density at radius 1 is 1.39 bits per heavy atom. The molecule has 0 aliphatic rings. The molecule has 0 bridgehead atoms. The Morgan fingerprint density at radius 3 is 2.78 bits per heavy atom. The van der Waals surface area contributed by atoms with Crippen molar-refractivity contribution in [2.24, 2.45) is 0 Å². The first-order valence-electron chi connectivity index (χ1n) is 5.38. The van der Waals surface area contributed by atoms with E-state index < -0.39 is 0 Å². The summed E-state index contributed by atoms with van der Waals surface area (Å²) in [7, 11) is 0. The van der Waals surface area contributed by atoms with Gasteiger partial charge in [-0.3, -0.25) is 4.79 Å². The third kappa shape index (κ3) is 3.11. The van der Waals surface area contributed by atoms with Gasteiger partial charge in [0.25, 0.3) is 5.91 Å². The molecule has 0 saturated heterocycles. The number of aryl methyl sites for hydroxylation is 1. The van der Waals surface area contributed by atoms with E-state index in [9.17, 15) is 9.90 Å². The molecule has 94 valence electrons. The lowest BCUT2D eigenvalue weighted by molar-refractivity contribution is 0.0950. The molecule has 0 saturated carbocycles. The van der Waals surface area contributed by atoms with Gasteiger partial charge in [0.05, 0.1) is 10.3 Å². The van der Waals surface area contributed by atoms with Crippen LogP contribution in [0.2, 0.25) is 0 Å². The van der Waals surface area contributed by atoms with E-state index in [1.54, 1.807) is 30.4 Å². The van der Waals surface area contributed by atoms with Gasteiger partial charge in [0, 0.05) is 10.4 Å². The van der Waals surface area contributed by atoms with Crippen LogP contribution in [-0.2, 0) is 6.54 Å². The largest absolute Gasteiger partial charge is 0.508 e. The summed E-state index contributed by atoms with van der Waals surface area (Å²) in [6.07, 6.45) is 0. The minimum atomic E-state index is -0.128. The first-order chi connectivity index (χ1) is 8.56. The molecule has 0 fully saturated rings. The van der Waals surface area contributed by atoms with Crippen LogP contribution >= 0.6 is 27.3 Å². The molecule has 2 N–H and O–H groups in total. The molecule has 0 unspecified atom stereocenters. The van der Waals surface area contributed by atoms with Crippen molar-refractivity contribution in [2.45, 2.75) is 13.5 Å². The molecule has 3 nitrogen and oxygen atoms in total. The summed E-state index contributed by atoms with van der Waals surface area (Å²) in [5.74, 6) is 0.0447. The molecule has 5 heteroatoms. The lowest BCUT2D eigenvalue weighted by Crippen LogP contribution is -2.23. The summed E-state index contributed by atoms with van der Waals surface area (Å²) in [6, 6.07) is 8.65. The lowest BCUT2D eigenvalue weighted by Gasteiger charge is -2.07. The van der Waals surface area contributed by atoms with E-state index in [1.165, 1.54) is 6.07 Å². The van der Waals surface area contributed by atoms with Gasteiger partial charge in [0.15, 0.2) is 0 Å². The second kappa shape index (κ2) is 5.54. The maximum absolute atomic E-state index is 12.0.